The van der Waals surface area contributed by atoms with Crippen LogP contribution in [0.5, 0.6) is 0 Å². The Morgan fingerprint density at radius 2 is 1.36 bits per heavy atom. The first kappa shape index (κ1) is 13.0. The summed E-state index contributed by atoms with van der Waals surface area (Å²) in [7, 11) is -3.15. The van der Waals surface area contributed by atoms with Crippen LogP contribution < -0.4 is 0 Å². The monoisotopic (exact) mass is 212 g/mol. The van der Waals surface area contributed by atoms with E-state index in [-0.39, 0.29) is 16.2 Å². The van der Waals surface area contributed by atoms with E-state index in [0.29, 0.717) is 0 Å². The first-order valence-corrected chi connectivity index (χ1v) is 6.68. The fraction of sp³-hybridized carbons (Fsp3) is 0.500. The second-order valence-electron chi connectivity index (χ2n) is 3.29. The average molecular weight is 212 g/mol. The van der Waals surface area contributed by atoms with E-state index < -0.39 is 8.07 Å². The quantitative estimate of drug-likeness (QED) is 0.646. The molecule has 0 saturated carbocycles. The highest BCUT2D eigenvalue weighted by Gasteiger charge is 2.46. The lowest BCUT2D eigenvalue weighted by atomic mass is 10.5. The van der Waals surface area contributed by atoms with Crippen molar-refractivity contribution in [1.29, 1.82) is 0 Å². The zero-order chi connectivity index (χ0) is 11.4. The van der Waals surface area contributed by atoms with E-state index in [1.807, 2.05) is 6.92 Å². The van der Waals surface area contributed by atoms with Crippen molar-refractivity contribution in [2.24, 2.45) is 0 Å². The van der Waals surface area contributed by atoms with Gasteiger partial charge >= 0.3 is 0 Å². The maximum Gasteiger partial charge on any atom is 0.299 e. The topological polar surface area (TPSA) is 51.2 Å². The molecule has 0 atom stereocenters. The molecule has 0 bridgehead atoms. The van der Waals surface area contributed by atoms with Crippen LogP contribution >= 0.6 is 0 Å². The Hall–Kier alpha value is -1.03. The third-order valence-electron chi connectivity index (χ3n) is 2.27. The lowest BCUT2D eigenvalue weighted by Crippen LogP contribution is -2.55. The first-order valence-electron chi connectivity index (χ1n) is 4.60. The van der Waals surface area contributed by atoms with Gasteiger partial charge in [-0.1, -0.05) is 18.7 Å². The molecule has 78 valence electrons. The van der Waals surface area contributed by atoms with Gasteiger partial charge in [-0.25, -0.2) is 0 Å². The van der Waals surface area contributed by atoms with Crippen LogP contribution in [0.4, 0.5) is 0 Å². The summed E-state index contributed by atoms with van der Waals surface area (Å²) >= 11 is 0. The molecule has 0 aliphatic carbocycles. The number of hydrogen-bond acceptors (Lipinski definition) is 3. The molecule has 0 fully saturated rings. The maximum absolute atomic E-state index is 11.4. The van der Waals surface area contributed by atoms with Gasteiger partial charge in [0, 0.05) is 0 Å². The third-order valence-corrected chi connectivity index (χ3v) is 6.34. The molecule has 0 rings (SSSR count). The minimum absolute atomic E-state index is 0.276. The van der Waals surface area contributed by atoms with Crippen LogP contribution in [0.3, 0.4) is 0 Å². The van der Waals surface area contributed by atoms with E-state index >= 15 is 0 Å². The van der Waals surface area contributed by atoms with Gasteiger partial charge in [-0.05, 0) is 27.2 Å². The van der Waals surface area contributed by atoms with Crippen LogP contribution in [-0.4, -0.2) is 24.3 Å². The van der Waals surface area contributed by atoms with Crippen molar-refractivity contribution in [3.8, 4) is 0 Å². The van der Waals surface area contributed by atoms with Crippen molar-refractivity contribution in [2.75, 3.05) is 0 Å². The summed E-state index contributed by atoms with van der Waals surface area (Å²) in [5.74, 6) is 0. The lowest BCUT2D eigenvalue weighted by Gasteiger charge is -2.17. The highest BCUT2D eigenvalue weighted by atomic mass is 28.3. The van der Waals surface area contributed by atoms with E-state index in [1.54, 1.807) is 11.8 Å². The smallest absolute Gasteiger partial charge is 0.299 e. The second-order valence-corrected chi connectivity index (χ2v) is 7.35. The molecule has 0 radical (unpaired) electrons. The Balaban J connectivity index is 5.39. The third kappa shape index (κ3) is 2.26. The van der Waals surface area contributed by atoms with Crippen LogP contribution in [-0.2, 0) is 14.4 Å². The van der Waals surface area contributed by atoms with Crippen molar-refractivity contribution in [1.82, 2.24) is 0 Å². The normalized spacial score (nSPS) is 11.7. The molecular formula is C10H16O3Si. The molecule has 14 heavy (non-hydrogen) atoms. The molecule has 0 aromatic carbocycles. The molecule has 0 aliphatic rings. The average Bonchev–Trinajstić information content (AvgIpc) is 2.03. The van der Waals surface area contributed by atoms with Crippen molar-refractivity contribution < 1.29 is 14.4 Å². The molecule has 4 heteroatoms. The van der Waals surface area contributed by atoms with Crippen LogP contribution in [0, 0.1) is 0 Å². The molecule has 0 aromatic heterocycles. The molecule has 0 amide bonds. The Morgan fingerprint density at radius 3 is 1.57 bits per heavy atom. The minimum atomic E-state index is -3.15. The van der Waals surface area contributed by atoms with Crippen LogP contribution in [0.25, 0.3) is 0 Å². The Morgan fingerprint density at radius 1 is 1.00 bits per heavy atom. The molecule has 0 spiro atoms. The van der Waals surface area contributed by atoms with Crippen molar-refractivity contribution in [3.63, 3.8) is 0 Å². The minimum Gasteiger partial charge on any atom is -0.304 e. The molecular weight excluding hydrogens is 196 g/mol. The van der Waals surface area contributed by atoms with E-state index in [9.17, 15) is 14.4 Å². The second kappa shape index (κ2) is 5.00. The molecule has 0 N–H and O–H groups in total. The van der Waals surface area contributed by atoms with Gasteiger partial charge in [0.25, 0.3) is 8.07 Å². The number of allylic oxidation sites excluding steroid dienone is 1. The standard InChI is InChI=1S/C10H16O3Si/c1-5-6-7-14(8(2)11,9(3)12)10(4)13/h6-7H,5H2,1-4H3/b7-6+. The first-order chi connectivity index (χ1) is 6.39. The predicted molar refractivity (Wildman–Crippen MR) is 57.2 cm³/mol. The fourth-order valence-electron chi connectivity index (χ4n) is 1.39. The summed E-state index contributed by atoms with van der Waals surface area (Å²) in [6.07, 6.45) is 2.46. The number of carbonyl (C=O) groups is 3. The van der Waals surface area contributed by atoms with E-state index in [4.69, 9.17) is 0 Å². The van der Waals surface area contributed by atoms with Gasteiger partial charge < -0.3 is 14.4 Å². The van der Waals surface area contributed by atoms with Gasteiger partial charge in [0.15, 0.2) is 0 Å². The van der Waals surface area contributed by atoms with Crippen molar-refractivity contribution >= 4 is 24.3 Å². The fourth-order valence-corrected chi connectivity index (χ4v) is 4.17. The summed E-state index contributed by atoms with van der Waals surface area (Å²) in [5.41, 5.74) is 1.56. The van der Waals surface area contributed by atoms with Crippen LogP contribution in [0.15, 0.2) is 11.8 Å². The number of rotatable bonds is 5. The van der Waals surface area contributed by atoms with Gasteiger partial charge in [-0.15, -0.1) is 0 Å². The Labute approximate surface area is 85.2 Å². The molecule has 0 heterocycles. The van der Waals surface area contributed by atoms with Gasteiger partial charge in [0.2, 0.25) is 0 Å². The van der Waals surface area contributed by atoms with E-state index in [2.05, 4.69) is 0 Å². The zero-order valence-electron chi connectivity index (χ0n) is 9.09. The lowest BCUT2D eigenvalue weighted by molar-refractivity contribution is -0.117. The van der Waals surface area contributed by atoms with Gasteiger partial charge in [-0.3, -0.25) is 0 Å². The molecule has 0 aliphatic heterocycles. The molecule has 0 aromatic rings. The van der Waals surface area contributed by atoms with Crippen LogP contribution in [0.1, 0.15) is 34.1 Å². The van der Waals surface area contributed by atoms with Crippen molar-refractivity contribution in [3.05, 3.63) is 11.8 Å². The summed E-state index contributed by atoms with van der Waals surface area (Å²) in [6.45, 7) is 5.88. The summed E-state index contributed by atoms with van der Waals surface area (Å²) in [5, 5.41) is -0.827. The number of carbonyl (C=O) groups excluding carboxylic acids is 3. The molecule has 0 saturated heterocycles. The van der Waals surface area contributed by atoms with Gasteiger partial charge in [-0.2, -0.15) is 0 Å². The van der Waals surface area contributed by atoms with Gasteiger partial charge in [0.1, 0.15) is 16.2 Å². The van der Waals surface area contributed by atoms with Crippen molar-refractivity contribution in [2.45, 2.75) is 34.1 Å². The van der Waals surface area contributed by atoms with E-state index in [1.165, 1.54) is 20.8 Å². The van der Waals surface area contributed by atoms with Gasteiger partial charge in [0.05, 0.1) is 0 Å². The summed E-state index contributed by atoms with van der Waals surface area (Å²) in [4.78, 5) is 34.3. The van der Waals surface area contributed by atoms with Crippen LogP contribution in [0.2, 0.25) is 0 Å². The zero-order valence-corrected chi connectivity index (χ0v) is 10.1. The van der Waals surface area contributed by atoms with E-state index in [0.717, 1.165) is 6.42 Å². The Bertz CT molecular complexity index is 256. The highest BCUT2D eigenvalue weighted by molar-refractivity contribution is 7.42. The highest BCUT2D eigenvalue weighted by Crippen LogP contribution is 2.10. The maximum atomic E-state index is 11.4. The summed E-state index contributed by atoms with van der Waals surface area (Å²) in [6, 6.07) is 0. The number of hydrogen-bond donors (Lipinski definition) is 0. The molecule has 0 unspecified atom stereocenters. The summed E-state index contributed by atoms with van der Waals surface area (Å²) < 4.78 is 0. The SMILES string of the molecule is CC/C=C/[Si](C(C)=O)(C(C)=O)C(C)=O. The largest absolute Gasteiger partial charge is 0.304 e. The Kier molecular flexibility index (Phi) is 4.63. The molecule has 3 nitrogen and oxygen atoms in total. The predicted octanol–water partition coefficient (Wildman–Crippen LogP) is 1.33.